The van der Waals surface area contributed by atoms with E-state index in [1.165, 1.54) is 4.90 Å². The highest BCUT2D eigenvalue weighted by atomic mass is 19.4. The minimum atomic E-state index is -4.76. The predicted octanol–water partition coefficient (Wildman–Crippen LogP) is 2.42. The highest BCUT2D eigenvalue weighted by Gasteiger charge is 2.43. The van der Waals surface area contributed by atoms with Gasteiger partial charge in [-0.05, 0) is 30.7 Å². The molecule has 2 aliphatic rings. The first kappa shape index (κ1) is 16.7. The fraction of sp³-hybridized carbons (Fsp3) is 0.533. The van der Waals surface area contributed by atoms with Crippen molar-refractivity contribution in [2.45, 2.75) is 25.1 Å². The van der Waals surface area contributed by atoms with Crippen LogP contribution >= 0.6 is 0 Å². The highest BCUT2D eigenvalue weighted by Crippen LogP contribution is 2.38. The number of alkyl halides is 3. The Morgan fingerprint density at radius 2 is 1.96 bits per heavy atom. The van der Waals surface area contributed by atoms with E-state index in [4.69, 9.17) is 5.73 Å². The monoisotopic (exact) mass is 343 g/mol. The normalized spacial score (nSPS) is 26.5. The number of carbonyl (C=O) groups is 1. The van der Waals surface area contributed by atoms with Crippen LogP contribution in [-0.2, 0) is 6.18 Å². The standard InChI is InChI=1S/C15H16F3N3O3/c16-15(17,18)10-3-9(4-11(5-10)21(23)24)14(22)20-6-8-1-2-13(19)12(8)7-20/h3-5,8,12-13H,1-2,6-7,19H2. The second kappa shape index (κ2) is 5.73. The number of halogens is 3. The van der Waals surface area contributed by atoms with Crippen LogP contribution in [0.4, 0.5) is 18.9 Å². The van der Waals surface area contributed by atoms with E-state index in [9.17, 15) is 28.1 Å². The van der Waals surface area contributed by atoms with Gasteiger partial charge in [-0.3, -0.25) is 14.9 Å². The maximum Gasteiger partial charge on any atom is 0.416 e. The maximum atomic E-state index is 12.9. The summed E-state index contributed by atoms with van der Waals surface area (Å²) in [6, 6.07) is 1.99. The molecule has 3 unspecified atom stereocenters. The van der Waals surface area contributed by atoms with Gasteiger partial charge in [0.2, 0.25) is 0 Å². The van der Waals surface area contributed by atoms with E-state index < -0.39 is 28.3 Å². The van der Waals surface area contributed by atoms with E-state index in [0.717, 1.165) is 18.9 Å². The number of nitrogens with zero attached hydrogens (tertiary/aromatic N) is 2. The molecule has 3 atom stereocenters. The van der Waals surface area contributed by atoms with Gasteiger partial charge in [-0.25, -0.2) is 0 Å². The zero-order valence-electron chi connectivity index (χ0n) is 12.6. The lowest BCUT2D eigenvalue weighted by molar-refractivity contribution is -0.385. The number of hydrogen-bond acceptors (Lipinski definition) is 4. The SMILES string of the molecule is NC1CCC2CN(C(=O)c3cc([N+](=O)[O-])cc(C(F)(F)F)c3)CC12. The van der Waals surface area contributed by atoms with Gasteiger partial charge in [0.15, 0.2) is 0 Å². The summed E-state index contributed by atoms with van der Waals surface area (Å²) in [5.74, 6) is -0.217. The first-order chi connectivity index (χ1) is 11.2. The van der Waals surface area contributed by atoms with Crippen LogP contribution in [0.3, 0.4) is 0 Å². The van der Waals surface area contributed by atoms with Crippen molar-refractivity contribution in [3.8, 4) is 0 Å². The number of benzene rings is 1. The smallest absolute Gasteiger partial charge is 0.338 e. The van der Waals surface area contributed by atoms with E-state index in [2.05, 4.69) is 0 Å². The molecule has 0 aromatic heterocycles. The molecule has 2 fully saturated rings. The van der Waals surface area contributed by atoms with Crippen LogP contribution in [0.2, 0.25) is 0 Å². The summed E-state index contributed by atoms with van der Waals surface area (Å²) in [6.45, 7) is 0.815. The first-order valence-electron chi connectivity index (χ1n) is 7.58. The fourth-order valence-electron chi connectivity index (χ4n) is 3.66. The molecule has 3 rings (SSSR count). The number of rotatable bonds is 2. The molecular weight excluding hydrogens is 327 g/mol. The van der Waals surface area contributed by atoms with Crippen molar-refractivity contribution in [2.24, 2.45) is 17.6 Å². The zero-order chi connectivity index (χ0) is 17.6. The number of fused-ring (bicyclic) bond motifs is 1. The van der Waals surface area contributed by atoms with Crippen molar-refractivity contribution in [1.82, 2.24) is 4.90 Å². The highest BCUT2D eigenvalue weighted by molar-refractivity contribution is 5.95. The van der Waals surface area contributed by atoms with Gasteiger partial charge in [0.25, 0.3) is 11.6 Å². The van der Waals surface area contributed by atoms with Crippen molar-refractivity contribution < 1.29 is 22.9 Å². The Morgan fingerprint density at radius 3 is 2.54 bits per heavy atom. The summed E-state index contributed by atoms with van der Waals surface area (Å²) in [5, 5.41) is 10.9. The Morgan fingerprint density at radius 1 is 1.25 bits per heavy atom. The molecule has 24 heavy (non-hydrogen) atoms. The Bertz CT molecular complexity index is 692. The van der Waals surface area contributed by atoms with Crippen molar-refractivity contribution in [3.63, 3.8) is 0 Å². The zero-order valence-corrected chi connectivity index (χ0v) is 12.6. The Hall–Kier alpha value is -2.16. The van der Waals surface area contributed by atoms with Gasteiger partial charge in [-0.15, -0.1) is 0 Å². The number of amides is 1. The number of hydrogen-bond donors (Lipinski definition) is 1. The summed E-state index contributed by atoms with van der Waals surface area (Å²) in [5.41, 5.74) is 3.73. The maximum absolute atomic E-state index is 12.9. The third-order valence-corrected chi connectivity index (χ3v) is 4.90. The van der Waals surface area contributed by atoms with Crippen LogP contribution in [-0.4, -0.2) is 34.9 Å². The number of non-ortho nitro benzene ring substituents is 1. The molecule has 1 aliphatic carbocycles. The average Bonchev–Trinajstić information content (AvgIpc) is 3.07. The van der Waals surface area contributed by atoms with Crippen molar-refractivity contribution in [3.05, 3.63) is 39.4 Å². The van der Waals surface area contributed by atoms with E-state index >= 15 is 0 Å². The van der Waals surface area contributed by atoms with E-state index in [-0.39, 0.29) is 23.4 Å². The fourth-order valence-corrected chi connectivity index (χ4v) is 3.66. The van der Waals surface area contributed by atoms with Crippen LogP contribution in [0, 0.1) is 22.0 Å². The van der Waals surface area contributed by atoms with Crippen molar-refractivity contribution >= 4 is 11.6 Å². The van der Waals surface area contributed by atoms with Crippen molar-refractivity contribution in [2.75, 3.05) is 13.1 Å². The van der Waals surface area contributed by atoms with E-state index in [1.54, 1.807) is 0 Å². The molecule has 1 aliphatic heterocycles. The molecular formula is C15H16F3N3O3. The van der Waals surface area contributed by atoms with Crippen LogP contribution in [0.1, 0.15) is 28.8 Å². The molecule has 1 saturated heterocycles. The molecule has 0 radical (unpaired) electrons. The van der Waals surface area contributed by atoms with Gasteiger partial charge in [0.05, 0.1) is 10.5 Å². The topological polar surface area (TPSA) is 89.5 Å². The molecule has 1 aromatic rings. The quantitative estimate of drug-likeness (QED) is 0.660. The average molecular weight is 343 g/mol. The minimum absolute atomic E-state index is 0.0105. The lowest BCUT2D eigenvalue weighted by Gasteiger charge is -2.19. The van der Waals surface area contributed by atoms with Gasteiger partial charge in [0.1, 0.15) is 0 Å². The Balaban J connectivity index is 1.90. The molecule has 1 amide bonds. The van der Waals surface area contributed by atoms with E-state index in [0.29, 0.717) is 25.2 Å². The lowest BCUT2D eigenvalue weighted by Crippen LogP contribution is -2.33. The Kier molecular flexibility index (Phi) is 3.98. The minimum Gasteiger partial charge on any atom is -0.338 e. The summed E-state index contributed by atoms with van der Waals surface area (Å²) in [4.78, 5) is 23.9. The van der Waals surface area contributed by atoms with Gasteiger partial charge < -0.3 is 10.6 Å². The number of nitrogens with two attached hydrogens (primary N) is 1. The van der Waals surface area contributed by atoms with Crippen LogP contribution in [0.15, 0.2) is 18.2 Å². The predicted molar refractivity (Wildman–Crippen MR) is 78.2 cm³/mol. The summed E-state index contributed by atoms with van der Waals surface area (Å²) in [6.07, 6.45) is -2.99. The second-order valence-electron chi connectivity index (χ2n) is 6.40. The third-order valence-electron chi connectivity index (χ3n) is 4.90. The lowest BCUT2D eigenvalue weighted by atomic mass is 9.98. The van der Waals surface area contributed by atoms with Gasteiger partial charge in [-0.1, -0.05) is 0 Å². The molecule has 9 heteroatoms. The van der Waals surface area contributed by atoms with Crippen LogP contribution in [0.25, 0.3) is 0 Å². The molecule has 1 heterocycles. The Labute approximate surface area is 135 Å². The van der Waals surface area contributed by atoms with Crippen molar-refractivity contribution in [1.29, 1.82) is 0 Å². The van der Waals surface area contributed by atoms with Gasteiger partial charge in [0, 0.05) is 36.8 Å². The molecule has 0 spiro atoms. The van der Waals surface area contributed by atoms with Gasteiger partial charge >= 0.3 is 6.18 Å². The molecule has 6 nitrogen and oxygen atoms in total. The summed E-state index contributed by atoms with van der Waals surface area (Å²) < 4.78 is 38.8. The van der Waals surface area contributed by atoms with E-state index in [1.807, 2.05) is 0 Å². The molecule has 1 aromatic carbocycles. The second-order valence-corrected chi connectivity index (χ2v) is 6.40. The van der Waals surface area contributed by atoms with Gasteiger partial charge in [-0.2, -0.15) is 13.2 Å². The van der Waals surface area contributed by atoms with Crippen LogP contribution in [0.5, 0.6) is 0 Å². The molecule has 1 saturated carbocycles. The largest absolute Gasteiger partial charge is 0.416 e. The molecule has 130 valence electrons. The molecule has 2 N–H and O–H groups in total. The number of carbonyl (C=O) groups excluding carboxylic acids is 1. The third kappa shape index (κ3) is 2.95. The van der Waals surface area contributed by atoms with Crippen LogP contribution < -0.4 is 5.73 Å². The number of nitro groups is 1. The summed E-state index contributed by atoms with van der Waals surface area (Å²) in [7, 11) is 0. The number of likely N-dealkylation sites (tertiary alicyclic amines) is 1. The molecule has 0 bridgehead atoms. The summed E-state index contributed by atoms with van der Waals surface area (Å²) >= 11 is 0. The number of nitro benzene ring substituents is 1. The first-order valence-corrected chi connectivity index (χ1v) is 7.58.